The fourth-order valence-electron chi connectivity index (χ4n) is 8.62. The summed E-state index contributed by atoms with van der Waals surface area (Å²) in [6.07, 6.45) is 9.77. The summed E-state index contributed by atoms with van der Waals surface area (Å²) in [6.45, 7) is 8.92. The van der Waals surface area contributed by atoms with Crippen LogP contribution in [0.1, 0.15) is 80.9 Å². The highest BCUT2D eigenvalue weighted by atomic mass is 35.5. The monoisotopic (exact) mass is 538 g/mol. The minimum Gasteiger partial charge on any atom is -0.486 e. The minimum atomic E-state index is -0.773. The Bertz CT molecular complexity index is 1290. The number of likely N-dealkylation sites (N-methyl/N-ethyl adjacent to an activating group) is 1. The molecule has 0 aromatic heterocycles. The summed E-state index contributed by atoms with van der Waals surface area (Å²) in [4.78, 5) is 26.9. The molecule has 1 aromatic carbocycles. The number of carbonyl (C=O) groups excluding carboxylic acids is 2. The summed E-state index contributed by atoms with van der Waals surface area (Å²) >= 11 is 6.27. The third-order valence-corrected chi connectivity index (χ3v) is 11.4. The van der Waals surface area contributed by atoms with E-state index >= 15 is 0 Å². The molecule has 3 aliphatic carbocycles. The van der Waals surface area contributed by atoms with Gasteiger partial charge in [-0.05, 0) is 56.0 Å². The van der Waals surface area contributed by atoms with Gasteiger partial charge in [-0.3, -0.25) is 9.59 Å². The van der Waals surface area contributed by atoms with Gasteiger partial charge < -0.3 is 20.1 Å². The summed E-state index contributed by atoms with van der Waals surface area (Å²) in [5, 5.41) is 7.20. The van der Waals surface area contributed by atoms with Gasteiger partial charge in [0.2, 0.25) is 0 Å². The van der Waals surface area contributed by atoms with E-state index < -0.39 is 22.7 Å². The zero-order chi connectivity index (χ0) is 27.3. The molecule has 2 saturated carbocycles. The molecular weight excluding hydrogens is 500 g/mol. The normalized spacial score (nSPS) is 40.8. The second-order valence-corrected chi connectivity index (χ2v) is 13.4. The molecule has 0 bridgehead atoms. The number of nitrogens with one attached hydrogen (secondary N) is 2. The van der Waals surface area contributed by atoms with E-state index in [-0.39, 0.29) is 29.1 Å². The van der Waals surface area contributed by atoms with Crippen molar-refractivity contribution in [3.8, 4) is 5.75 Å². The number of allylic oxidation sites excluding steroid dienone is 2. The molecule has 6 rings (SSSR count). The van der Waals surface area contributed by atoms with E-state index in [2.05, 4.69) is 44.4 Å². The Morgan fingerprint density at radius 2 is 1.95 bits per heavy atom. The lowest BCUT2D eigenvalue weighted by Gasteiger charge is -2.66. The van der Waals surface area contributed by atoms with E-state index in [1.165, 1.54) is 0 Å². The molecule has 2 N–H and O–H groups in total. The number of hydrogen-bond donors (Lipinski definition) is 2. The Labute approximate surface area is 230 Å². The lowest BCUT2D eigenvalue weighted by atomic mass is 9.43. The van der Waals surface area contributed by atoms with Gasteiger partial charge >= 0.3 is 0 Å². The molecule has 38 heavy (non-hydrogen) atoms. The smallest absolute Gasteiger partial charge is 0.252 e. The first-order valence-corrected chi connectivity index (χ1v) is 14.3. The van der Waals surface area contributed by atoms with Crippen molar-refractivity contribution >= 4 is 23.3 Å². The molecule has 2 heterocycles. The summed E-state index contributed by atoms with van der Waals surface area (Å²) in [5.41, 5.74) is 0.629. The largest absolute Gasteiger partial charge is 0.486 e. The maximum Gasteiger partial charge on any atom is 0.252 e. The zero-order valence-electron chi connectivity index (χ0n) is 23.2. The number of fused-ring (bicyclic) bond motifs is 3. The number of hydrogen-bond acceptors (Lipinski definition) is 5. The van der Waals surface area contributed by atoms with Gasteiger partial charge in [0.05, 0.1) is 12.1 Å². The lowest BCUT2D eigenvalue weighted by molar-refractivity contribution is -0.213. The van der Waals surface area contributed by atoms with Crippen molar-refractivity contribution in [2.24, 2.45) is 22.7 Å². The van der Waals surface area contributed by atoms with Crippen molar-refractivity contribution in [3.05, 3.63) is 52.1 Å². The quantitative estimate of drug-likeness (QED) is 0.549. The number of ether oxygens (including phenoxy) is 2. The highest BCUT2D eigenvalue weighted by molar-refractivity contribution is 6.31. The Balaban J connectivity index is 1.55. The molecule has 6 nitrogen and oxygen atoms in total. The van der Waals surface area contributed by atoms with E-state index in [4.69, 9.17) is 21.1 Å². The van der Waals surface area contributed by atoms with Crippen LogP contribution in [0, 0.1) is 22.7 Å². The molecule has 7 heteroatoms. The second kappa shape index (κ2) is 8.42. The lowest BCUT2D eigenvalue weighted by Crippen LogP contribution is -2.73. The van der Waals surface area contributed by atoms with Crippen molar-refractivity contribution in [2.45, 2.75) is 83.1 Å². The molecule has 204 valence electrons. The number of ketones is 1. The van der Waals surface area contributed by atoms with E-state index in [9.17, 15) is 9.59 Å². The summed E-state index contributed by atoms with van der Waals surface area (Å²) < 4.78 is 13.6. The van der Waals surface area contributed by atoms with Crippen LogP contribution in [0.15, 0.2) is 35.4 Å². The van der Waals surface area contributed by atoms with Crippen LogP contribution in [0.4, 0.5) is 0 Å². The molecule has 1 aromatic rings. The van der Waals surface area contributed by atoms with Crippen LogP contribution in [0.5, 0.6) is 5.75 Å². The van der Waals surface area contributed by atoms with Crippen LogP contribution in [-0.2, 0) is 16.0 Å². The van der Waals surface area contributed by atoms with Crippen LogP contribution in [0.2, 0.25) is 0 Å². The minimum absolute atomic E-state index is 0.0773. The number of carbonyl (C=O) groups is 2. The molecule has 1 spiro atoms. The van der Waals surface area contributed by atoms with Crippen molar-refractivity contribution in [3.63, 3.8) is 0 Å². The maximum absolute atomic E-state index is 13.6. The average Bonchev–Trinajstić information content (AvgIpc) is 3.24. The number of Topliss-reactive ketones (excluding diaryl/α,β-unsaturated/α-hetero) is 1. The summed E-state index contributed by atoms with van der Waals surface area (Å²) in [7, 11) is 3.56. The Kier molecular flexibility index (Phi) is 5.78. The summed E-state index contributed by atoms with van der Waals surface area (Å²) in [6, 6.07) is 3.33. The molecule has 5 aliphatic rings. The Hall–Kier alpha value is -2.15. The number of methoxy groups -OCH3 is 1. The van der Waals surface area contributed by atoms with Crippen molar-refractivity contribution in [1.29, 1.82) is 0 Å². The predicted molar refractivity (Wildman–Crippen MR) is 147 cm³/mol. The molecule has 2 fully saturated rings. The molecule has 0 saturated heterocycles. The molecular formula is C31H39ClN2O4. The van der Waals surface area contributed by atoms with Gasteiger partial charge in [-0.2, -0.15) is 0 Å². The van der Waals surface area contributed by atoms with Crippen molar-refractivity contribution in [2.75, 3.05) is 14.2 Å². The number of benzene rings is 1. The van der Waals surface area contributed by atoms with Gasteiger partial charge in [0.15, 0.2) is 5.78 Å². The van der Waals surface area contributed by atoms with Gasteiger partial charge in [-0.1, -0.05) is 51.4 Å². The van der Waals surface area contributed by atoms with Crippen molar-refractivity contribution in [1.82, 2.24) is 10.6 Å². The van der Waals surface area contributed by atoms with E-state index in [0.717, 1.165) is 36.1 Å². The first-order chi connectivity index (χ1) is 17.9. The van der Waals surface area contributed by atoms with Crippen LogP contribution in [-0.4, -0.2) is 43.1 Å². The Morgan fingerprint density at radius 3 is 2.61 bits per heavy atom. The molecule has 7 atom stereocenters. The van der Waals surface area contributed by atoms with Gasteiger partial charge in [-0.25, -0.2) is 0 Å². The van der Waals surface area contributed by atoms with Crippen molar-refractivity contribution < 1.29 is 19.1 Å². The third kappa shape index (κ3) is 3.20. The first kappa shape index (κ1) is 26.1. The molecule has 0 radical (unpaired) electrons. The average molecular weight is 539 g/mol. The molecule has 2 aliphatic heterocycles. The van der Waals surface area contributed by atoms with E-state index in [0.29, 0.717) is 29.4 Å². The highest BCUT2D eigenvalue weighted by Crippen LogP contribution is 2.66. The van der Waals surface area contributed by atoms with E-state index in [1.807, 2.05) is 31.3 Å². The topological polar surface area (TPSA) is 76.7 Å². The number of rotatable bonds is 3. The maximum atomic E-state index is 13.6. The second-order valence-electron chi connectivity index (χ2n) is 13.0. The van der Waals surface area contributed by atoms with Crippen LogP contribution in [0.25, 0.3) is 0 Å². The predicted octanol–water partition coefficient (Wildman–Crippen LogP) is 5.25. The Morgan fingerprint density at radius 1 is 1.18 bits per heavy atom. The summed E-state index contributed by atoms with van der Waals surface area (Å²) in [5.74, 6) is 1.45. The first-order valence-electron chi connectivity index (χ1n) is 13.9. The molecule has 1 unspecified atom stereocenters. The molecule has 1 amide bonds. The SMILES string of the molecule is CN[C@@H]1C[C@@]23Oc4c(ccc5c4[C@H](C4(OC)C=CC(Cl)=CC4)NC5=O)C[C@]2(C)[C@@H](C)CC[C@H]3C(C)(C)C1=O. The number of amides is 1. The van der Waals surface area contributed by atoms with Crippen LogP contribution < -0.4 is 15.4 Å². The fraction of sp³-hybridized carbons (Fsp3) is 0.613. The number of halogens is 1. The third-order valence-electron chi connectivity index (χ3n) is 11.1. The highest BCUT2D eigenvalue weighted by Gasteiger charge is 2.69. The van der Waals surface area contributed by atoms with Gasteiger partial charge in [0.25, 0.3) is 5.91 Å². The van der Waals surface area contributed by atoms with E-state index in [1.54, 1.807) is 7.11 Å². The fourth-order valence-corrected chi connectivity index (χ4v) is 8.76. The standard InChI is InChI=1S/C31H39ClN2O4/c1-17-7-10-22-28(2,3)26(35)21(33-5)16-31(22)29(17,4)15-18-8-9-20-23(24(18)38-31)25(34-27(20)36)30(37-6)13-11-19(32)12-14-30/h8-9,11-13,17,21-22,25,33H,7,10,14-16H2,1-6H3,(H,34,36)/t17-,21+,22-,25+,29+,30?,31-/m0/s1. The van der Waals surface area contributed by atoms with Gasteiger partial charge in [0, 0.05) is 52.9 Å². The van der Waals surface area contributed by atoms with Crippen LogP contribution >= 0.6 is 11.6 Å². The van der Waals surface area contributed by atoms with Gasteiger partial charge in [0.1, 0.15) is 17.0 Å². The zero-order valence-corrected chi connectivity index (χ0v) is 24.0. The van der Waals surface area contributed by atoms with Crippen LogP contribution in [0.3, 0.4) is 0 Å². The van der Waals surface area contributed by atoms with Gasteiger partial charge in [-0.15, -0.1) is 0 Å².